The Kier molecular flexibility index (Phi) is 5.06. The van der Waals surface area contributed by atoms with Crippen molar-refractivity contribution in [2.24, 2.45) is 5.73 Å². The Morgan fingerprint density at radius 1 is 0.947 bits per heavy atom. The number of hydrogen-bond donors (Lipinski definition) is 1. The van der Waals surface area contributed by atoms with Gasteiger partial charge in [0.2, 0.25) is 0 Å². The van der Waals surface area contributed by atoms with Crippen molar-refractivity contribution in [3.8, 4) is 11.5 Å². The van der Waals surface area contributed by atoms with Crippen LogP contribution in [0.25, 0.3) is 0 Å². The van der Waals surface area contributed by atoms with E-state index in [2.05, 4.69) is 47.8 Å². The Bertz CT molecular complexity index is 599. The van der Waals surface area contributed by atoms with Crippen LogP contribution in [-0.4, -0.2) is 0 Å². The standard InChI is InChI=1S/C14H12Br3NO/c1-8(18)11-4-2-10(16)7-14(11)19-13-5-3-9(15)6-12(13)17/h2-8H,18H2,1H3. The number of ether oxygens (including phenoxy) is 1. The fourth-order valence-electron chi connectivity index (χ4n) is 1.65. The third-order valence-corrected chi connectivity index (χ3v) is 4.19. The Morgan fingerprint density at radius 3 is 2.21 bits per heavy atom. The van der Waals surface area contributed by atoms with E-state index >= 15 is 0 Å². The first-order valence-electron chi connectivity index (χ1n) is 5.65. The highest BCUT2D eigenvalue weighted by atomic mass is 79.9. The molecule has 2 rings (SSSR count). The maximum atomic E-state index is 5.97. The van der Waals surface area contributed by atoms with Crippen LogP contribution in [-0.2, 0) is 0 Å². The lowest BCUT2D eigenvalue weighted by molar-refractivity contribution is 0.469. The van der Waals surface area contributed by atoms with Crippen LogP contribution >= 0.6 is 47.8 Å². The van der Waals surface area contributed by atoms with E-state index in [1.807, 2.05) is 43.3 Å². The third-order valence-electron chi connectivity index (χ3n) is 2.58. The number of benzene rings is 2. The average molecular weight is 450 g/mol. The molecule has 0 aliphatic heterocycles. The van der Waals surface area contributed by atoms with Gasteiger partial charge in [-0.25, -0.2) is 0 Å². The van der Waals surface area contributed by atoms with E-state index in [1.165, 1.54) is 0 Å². The van der Waals surface area contributed by atoms with Crippen molar-refractivity contribution in [1.82, 2.24) is 0 Å². The molecule has 1 unspecified atom stereocenters. The van der Waals surface area contributed by atoms with E-state index in [0.29, 0.717) is 0 Å². The SMILES string of the molecule is CC(N)c1ccc(Br)cc1Oc1ccc(Br)cc1Br. The van der Waals surface area contributed by atoms with Crippen LogP contribution in [0, 0.1) is 0 Å². The van der Waals surface area contributed by atoms with Crippen LogP contribution in [0.5, 0.6) is 11.5 Å². The molecule has 0 amide bonds. The smallest absolute Gasteiger partial charge is 0.141 e. The topological polar surface area (TPSA) is 35.2 Å². The van der Waals surface area contributed by atoms with Gasteiger partial charge in [-0.1, -0.05) is 37.9 Å². The van der Waals surface area contributed by atoms with Gasteiger partial charge in [0, 0.05) is 20.6 Å². The molecule has 0 aliphatic carbocycles. The summed E-state index contributed by atoms with van der Waals surface area (Å²) in [4.78, 5) is 0. The summed E-state index contributed by atoms with van der Waals surface area (Å²) in [7, 11) is 0. The van der Waals surface area contributed by atoms with Crippen molar-refractivity contribution >= 4 is 47.8 Å². The first-order valence-corrected chi connectivity index (χ1v) is 8.03. The highest BCUT2D eigenvalue weighted by molar-refractivity contribution is 9.11. The molecule has 0 heterocycles. The summed E-state index contributed by atoms with van der Waals surface area (Å²) in [5, 5.41) is 0. The first-order chi connectivity index (χ1) is 8.97. The summed E-state index contributed by atoms with van der Waals surface area (Å²) in [5.41, 5.74) is 6.94. The average Bonchev–Trinajstić information content (AvgIpc) is 2.32. The van der Waals surface area contributed by atoms with E-state index in [9.17, 15) is 0 Å². The van der Waals surface area contributed by atoms with Gasteiger partial charge in [0.15, 0.2) is 0 Å². The Balaban J connectivity index is 2.39. The van der Waals surface area contributed by atoms with Crippen molar-refractivity contribution in [2.45, 2.75) is 13.0 Å². The summed E-state index contributed by atoms with van der Waals surface area (Å²) in [6, 6.07) is 11.5. The third kappa shape index (κ3) is 3.81. The molecule has 0 spiro atoms. The Hall–Kier alpha value is -0.360. The molecule has 5 heteroatoms. The van der Waals surface area contributed by atoms with Crippen LogP contribution < -0.4 is 10.5 Å². The number of nitrogens with two attached hydrogens (primary N) is 1. The number of hydrogen-bond acceptors (Lipinski definition) is 2. The fourth-order valence-corrected chi connectivity index (χ4v) is 3.12. The van der Waals surface area contributed by atoms with E-state index in [1.54, 1.807) is 0 Å². The zero-order valence-electron chi connectivity index (χ0n) is 10.2. The normalized spacial score (nSPS) is 12.3. The molecule has 2 aromatic carbocycles. The lowest BCUT2D eigenvalue weighted by atomic mass is 10.1. The lowest BCUT2D eigenvalue weighted by Gasteiger charge is -2.15. The number of rotatable bonds is 3. The van der Waals surface area contributed by atoms with Crippen LogP contribution in [0.2, 0.25) is 0 Å². The van der Waals surface area contributed by atoms with Gasteiger partial charge in [-0.15, -0.1) is 0 Å². The maximum Gasteiger partial charge on any atom is 0.141 e. The minimum atomic E-state index is -0.0858. The molecule has 100 valence electrons. The molecule has 0 saturated carbocycles. The second-order valence-corrected chi connectivity index (χ2v) is 6.83. The minimum Gasteiger partial charge on any atom is -0.456 e. The van der Waals surface area contributed by atoms with Gasteiger partial charge in [-0.3, -0.25) is 0 Å². The molecular formula is C14H12Br3NO. The van der Waals surface area contributed by atoms with Crippen LogP contribution in [0.1, 0.15) is 18.5 Å². The quantitative estimate of drug-likeness (QED) is 0.644. The van der Waals surface area contributed by atoms with Crippen LogP contribution in [0.3, 0.4) is 0 Å². The van der Waals surface area contributed by atoms with Crippen molar-refractivity contribution < 1.29 is 4.74 Å². The summed E-state index contributed by atoms with van der Waals surface area (Å²) in [5.74, 6) is 1.51. The molecule has 0 radical (unpaired) electrons. The molecule has 2 aromatic rings. The molecule has 2 N–H and O–H groups in total. The predicted octanol–water partition coefficient (Wildman–Crippen LogP) is 5.79. The van der Waals surface area contributed by atoms with Gasteiger partial charge in [0.25, 0.3) is 0 Å². The number of halogens is 3. The van der Waals surface area contributed by atoms with E-state index in [0.717, 1.165) is 30.5 Å². The fraction of sp³-hybridized carbons (Fsp3) is 0.143. The van der Waals surface area contributed by atoms with Crippen molar-refractivity contribution in [3.63, 3.8) is 0 Å². The van der Waals surface area contributed by atoms with Gasteiger partial charge in [0.05, 0.1) is 4.47 Å². The molecule has 0 fully saturated rings. The zero-order valence-corrected chi connectivity index (χ0v) is 14.9. The molecule has 0 saturated heterocycles. The summed E-state index contributed by atoms with van der Waals surface area (Å²) in [6.07, 6.45) is 0. The van der Waals surface area contributed by atoms with Gasteiger partial charge >= 0.3 is 0 Å². The van der Waals surface area contributed by atoms with E-state index < -0.39 is 0 Å². The largest absolute Gasteiger partial charge is 0.456 e. The second-order valence-electron chi connectivity index (χ2n) is 4.15. The zero-order chi connectivity index (χ0) is 14.0. The summed E-state index contributed by atoms with van der Waals surface area (Å²) >= 11 is 10.4. The van der Waals surface area contributed by atoms with Crippen molar-refractivity contribution in [3.05, 3.63) is 55.4 Å². The molecule has 0 bridgehead atoms. The van der Waals surface area contributed by atoms with Crippen molar-refractivity contribution in [2.75, 3.05) is 0 Å². The highest BCUT2D eigenvalue weighted by Crippen LogP contribution is 2.36. The maximum absolute atomic E-state index is 5.97. The lowest BCUT2D eigenvalue weighted by Crippen LogP contribution is -2.06. The predicted molar refractivity (Wildman–Crippen MR) is 88.7 cm³/mol. The molecule has 2 nitrogen and oxygen atoms in total. The molecule has 1 atom stereocenters. The summed E-state index contributed by atoms with van der Waals surface area (Å²) in [6.45, 7) is 1.94. The highest BCUT2D eigenvalue weighted by Gasteiger charge is 2.11. The minimum absolute atomic E-state index is 0.0858. The van der Waals surface area contributed by atoms with E-state index in [4.69, 9.17) is 10.5 Å². The van der Waals surface area contributed by atoms with Gasteiger partial charge < -0.3 is 10.5 Å². The van der Waals surface area contributed by atoms with Crippen LogP contribution in [0.4, 0.5) is 0 Å². The van der Waals surface area contributed by atoms with Gasteiger partial charge in [-0.05, 0) is 53.2 Å². The Morgan fingerprint density at radius 2 is 1.58 bits per heavy atom. The van der Waals surface area contributed by atoms with E-state index in [-0.39, 0.29) is 6.04 Å². The molecule has 0 aliphatic rings. The van der Waals surface area contributed by atoms with Crippen molar-refractivity contribution in [1.29, 1.82) is 0 Å². The molecule has 0 aromatic heterocycles. The molecular weight excluding hydrogens is 438 g/mol. The van der Waals surface area contributed by atoms with Crippen LogP contribution in [0.15, 0.2) is 49.8 Å². The van der Waals surface area contributed by atoms with Gasteiger partial charge in [-0.2, -0.15) is 0 Å². The summed E-state index contributed by atoms with van der Waals surface area (Å²) < 4.78 is 8.80. The molecule has 19 heavy (non-hydrogen) atoms. The monoisotopic (exact) mass is 447 g/mol. The second kappa shape index (κ2) is 6.39. The Labute approximate surface area is 137 Å². The first kappa shape index (κ1) is 15.0. The van der Waals surface area contributed by atoms with Gasteiger partial charge in [0.1, 0.15) is 11.5 Å².